The molecule has 7 aromatic rings. The summed E-state index contributed by atoms with van der Waals surface area (Å²) in [5, 5.41) is 4.90. The topological polar surface area (TPSA) is 25.8 Å². The Morgan fingerprint density at radius 2 is 1.46 bits per heavy atom. The van der Waals surface area contributed by atoms with Gasteiger partial charge in [-0.25, -0.2) is 0 Å². The molecule has 0 fully saturated rings. The summed E-state index contributed by atoms with van der Waals surface area (Å²) < 4.78 is 60.9. The van der Waals surface area contributed by atoms with Crippen LogP contribution in [-0.2, 0) is 26.5 Å². The minimum atomic E-state index is -2.18. The molecule has 2 heterocycles. The molecule has 0 aliphatic heterocycles. The zero-order chi connectivity index (χ0) is 38.2. The van der Waals surface area contributed by atoms with Crippen molar-refractivity contribution in [1.82, 2.24) is 9.97 Å². The van der Waals surface area contributed by atoms with E-state index in [9.17, 15) is 0 Å². The molecule has 0 aliphatic rings. The second kappa shape index (κ2) is 14.3. The maximum atomic E-state index is 8.65. The predicted octanol–water partition coefficient (Wildman–Crippen LogP) is 11.3. The molecule has 0 spiro atoms. The van der Waals surface area contributed by atoms with Crippen LogP contribution in [0.15, 0.2) is 128 Å². The van der Waals surface area contributed by atoms with Gasteiger partial charge in [0.05, 0.1) is 0 Å². The van der Waals surface area contributed by atoms with Crippen LogP contribution >= 0.6 is 0 Å². The number of benzene rings is 5. The van der Waals surface area contributed by atoms with Gasteiger partial charge in [0.25, 0.3) is 0 Å². The number of rotatable bonds is 4. The number of hydrogen-bond donors (Lipinski definition) is 0. The van der Waals surface area contributed by atoms with Crippen molar-refractivity contribution in [1.29, 1.82) is 0 Å². The number of nitrogens with zero attached hydrogens (tertiary/aromatic N) is 2. The molecule has 0 atom stereocenters. The summed E-state index contributed by atoms with van der Waals surface area (Å²) >= 11 is 0. The molecule has 3 heteroatoms. The van der Waals surface area contributed by atoms with Gasteiger partial charge < -0.3 is 9.97 Å². The normalized spacial score (nSPS) is 14.5. The molecule has 0 amide bonds. The molecule has 46 heavy (non-hydrogen) atoms. The summed E-state index contributed by atoms with van der Waals surface area (Å²) in [6.07, 6.45) is 1.52. The summed E-state index contributed by atoms with van der Waals surface area (Å²) in [5.74, 6) is 0. The molecular weight excluding hydrogens is 737 g/mol. The molecule has 0 unspecified atom stereocenters. The van der Waals surface area contributed by atoms with Gasteiger partial charge in [0.1, 0.15) is 0 Å². The van der Waals surface area contributed by atoms with Gasteiger partial charge in [-0.05, 0) is 74.8 Å². The Bertz CT molecular complexity index is 2320. The third kappa shape index (κ3) is 7.85. The van der Waals surface area contributed by atoms with Crippen LogP contribution in [-0.4, -0.2) is 9.97 Å². The van der Waals surface area contributed by atoms with Gasteiger partial charge in [-0.15, -0.1) is 70.8 Å². The van der Waals surface area contributed by atoms with E-state index >= 15 is 0 Å². The molecule has 0 bridgehead atoms. The first-order valence-corrected chi connectivity index (χ1v) is 14.8. The number of fused-ring (bicyclic) bond motifs is 3. The van der Waals surface area contributed by atoms with Crippen LogP contribution in [0.25, 0.3) is 55.2 Å². The Morgan fingerprint density at radius 3 is 2.17 bits per heavy atom. The van der Waals surface area contributed by atoms with Crippen molar-refractivity contribution in [2.75, 3.05) is 0 Å². The zero-order valence-electron chi connectivity index (χ0n) is 33.9. The molecule has 1 radical (unpaired) electrons. The van der Waals surface area contributed by atoms with E-state index in [1.54, 1.807) is 24.4 Å². The third-order valence-electron chi connectivity index (χ3n) is 7.29. The van der Waals surface area contributed by atoms with Crippen molar-refractivity contribution in [2.24, 2.45) is 5.41 Å². The first kappa shape index (κ1) is 23.8. The third-order valence-corrected chi connectivity index (χ3v) is 7.29. The maximum Gasteiger partial charge on any atom is 0.0321 e. The average molecular weight is 783 g/mol. The smallest absolute Gasteiger partial charge is 0.0321 e. The van der Waals surface area contributed by atoms with Gasteiger partial charge in [0, 0.05) is 43.5 Å². The second-order valence-electron chi connectivity index (χ2n) is 11.9. The van der Waals surface area contributed by atoms with Crippen LogP contribution in [0.3, 0.4) is 0 Å². The number of hydrogen-bond acceptors (Lipinski definition) is 2. The van der Waals surface area contributed by atoms with Crippen molar-refractivity contribution in [3.8, 4) is 33.6 Å². The second-order valence-corrected chi connectivity index (χ2v) is 11.9. The van der Waals surface area contributed by atoms with Crippen molar-refractivity contribution < 1.29 is 31.1 Å². The van der Waals surface area contributed by atoms with Crippen LogP contribution in [0.1, 0.15) is 48.4 Å². The minimum Gasteiger partial charge on any atom is -0.305 e. The number of pyridine rings is 2. The van der Waals surface area contributed by atoms with Gasteiger partial charge in [-0.3, -0.25) is 0 Å². The fourth-order valence-electron chi connectivity index (χ4n) is 5.30. The van der Waals surface area contributed by atoms with E-state index in [0.717, 1.165) is 16.8 Å². The van der Waals surface area contributed by atoms with Crippen molar-refractivity contribution in [3.05, 3.63) is 156 Å². The molecular formula is C43H38IrN2-2. The molecule has 2 nitrogen and oxygen atoms in total. The Kier molecular flexibility index (Phi) is 7.43. The summed E-state index contributed by atoms with van der Waals surface area (Å²) in [5.41, 5.74) is 5.50. The fraction of sp³-hybridized carbons (Fsp3) is 0.163. The van der Waals surface area contributed by atoms with E-state index in [1.165, 1.54) is 51.5 Å². The van der Waals surface area contributed by atoms with Crippen molar-refractivity contribution >= 4 is 21.5 Å². The quantitative estimate of drug-likeness (QED) is 0.131. The molecule has 7 rings (SSSR count). The Labute approximate surface area is 298 Å². The van der Waals surface area contributed by atoms with Crippen molar-refractivity contribution in [2.45, 2.75) is 40.8 Å². The SMILES string of the molecule is [2H]C([2H])([2H])c1c[c-]c(-c2ccc(C([2H])([2H])[2H])cn2)cc1.[2H]C([2H])(c1ccnc(-c2[c-]ccc(-c3cc4ccccc4c4ccccc34)c2)c1)C(C)(C)C.[Ir]. The van der Waals surface area contributed by atoms with E-state index in [0.29, 0.717) is 16.8 Å². The predicted molar refractivity (Wildman–Crippen MR) is 190 cm³/mol. The summed E-state index contributed by atoms with van der Waals surface area (Å²) in [7, 11) is 0. The Morgan fingerprint density at radius 1 is 0.696 bits per heavy atom. The van der Waals surface area contributed by atoms with Gasteiger partial charge >= 0.3 is 0 Å². The van der Waals surface area contributed by atoms with Gasteiger partial charge in [-0.2, -0.15) is 0 Å². The van der Waals surface area contributed by atoms with Gasteiger partial charge in [0.15, 0.2) is 0 Å². The molecule has 0 aliphatic carbocycles. The van der Waals surface area contributed by atoms with E-state index in [2.05, 4.69) is 88.8 Å². The van der Waals surface area contributed by atoms with Gasteiger partial charge in [-0.1, -0.05) is 99.9 Å². The van der Waals surface area contributed by atoms with E-state index in [4.69, 9.17) is 11.0 Å². The first-order valence-electron chi connectivity index (χ1n) is 18.8. The van der Waals surface area contributed by atoms with Crippen LogP contribution in [0.2, 0.25) is 0 Å². The number of aryl methyl sites for hydroxylation is 2. The van der Waals surface area contributed by atoms with E-state index in [-0.39, 0.29) is 31.2 Å². The Hall–Kier alpha value is -4.43. The molecule has 231 valence electrons. The minimum absolute atomic E-state index is 0. The fourth-order valence-corrected chi connectivity index (χ4v) is 5.30. The summed E-state index contributed by atoms with van der Waals surface area (Å²) in [6.45, 7) is 1.42. The molecule has 5 aromatic carbocycles. The monoisotopic (exact) mass is 783 g/mol. The molecule has 0 saturated heterocycles. The zero-order valence-corrected chi connectivity index (χ0v) is 28.2. The maximum absolute atomic E-state index is 8.65. The van der Waals surface area contributed by atoms with E-state index < -0.39 is 25.5 Å². The van der Waals surface area contributed by atoms with Crippen LogP contribution in [0, 0.1) is 31.3 Å². The summed E-state index contributed by atoms with van der Waals surface area (Å²) in [6, 6.07) is 42.7. The summed E-state index contributed by atoms with van der Waals surface area (Å²) in [4.78, 5) is 8.63. The van der Waals surface area contributed by atoms with Crippen LogP contribution in [0.4, 0.5) is 0 Å². The average Bonchev–Trinajstić information content (AvgIpc) is 3.14. The van der Waals surface area contributed by atoms with Crippen LogP contribution < -0.4 is 0 Å². The largest absolute Gasteiger partial charge is 0.305 e. The molecule has 0 N–H and O–H groups in total. The van der Waals surface area contributed by atoms with Gasteiger partial charge in [0.2, 0.25) is 0 Å². The van der Waals surface area contributed by atoms with Crippen molar-refractivity contribution in [3.63, 3.8) is 0 Å². The number of aromatic nitrogens is 2. The molecule has 2 aromatic heterocycles. The molecule has 0 saturated carbocycles. The van der Waals surface area contributed by atoms with Crippen LogP contribution in [0.5, 0.6) is 0 Å². The standard InChI is InChI=1S/C30H26N.C13H12N.Ir/c1-30(2,3)20-21-15-16-31-29(17-21)24-11-8-10-22(18-24)28-19-23-9-4-5-12-25(23)26-13-6-7-14-27(26)28;1-10-3-6-12(7-4-10)13-8-5-11(2)9-14-13;/h4-10,12-19H,20H2,1-3H3;3-6,8-9H,1-2H3;/q2*-1;/i20D2;1D3,2D3;. The first-order chi connectivity index (χ1) is 24.9. The van der Waals surface area contributed by atoms with E-state index in [1.807, 2.05) is 32.9 Å². The Balaban J connectivity index is 0.000000230.